The second kappa shape index (κ2) is 9.51. The molecule has 0 bridgehead atoms. The lowest BCUT2D eigenvalue weighted by molar-refractivity contribution is -0.120. The third-order valence-corrected chi connectivity index (χ3v) is 4.41. The minimum atomic E-state index is -0.0592. The lowest BCUT2D eigenvalue weighted by atomic mass is 10.1. The number of carbonyl (C=O) groups is 1. The molecule has 0 aromatic heterocycles. The van der Waals surface area contributed by atoms with Gasteiger partial charge in [0, 0.05) is 13.0 Å². The molecule has 0 saturated carbocycles. The van der Waals surface area contributed by atoms with Crippen molar-refractivity contribution in [3.8, 4) is 17.2 Å². The normalized spacial score (nSPS) is 13.0. The molecular formula is C21H24ClNO4. The van der Waals surface area contributed by atoms with E-state index in [0.29, 0.717) is 42.9 Å². The molecule has 1 amide bonds. The maximum absolute atomic E-state index is 12.2. The molecule has 3 rings (SSSR count). The van der Waals surface area contributed by atoms with E-state index < -0.39 is 0 Å². The molecule has 1 N–H and O–H groups in total. The molecule has 0 spiro atoms. The monoisotopic (exact) mass is 389 g/mol. The highest BCUT2D eigenvalue weighted by Gasteiger charge is 2.16. The van der Waals surface area contributed by atoms with Crippen LogP contribution in [0.5, 0.6) is 17.2 Å². The van der Waals surface area contributed by atoms with E-state index in [9.17, 15) is 4.79 Å². The summed E-state index contributed by atoms with van der Waals surface area (Å²) in [6.07, 6.45) is 1.79. The summed E-state index contributed by atoms with van der Waals surface area (Å²) in [7, 11) is 0. The summed E-state index contributed by atoms with van der Waals surface area (Å²) in [6, 6.07) is 11.5. The number of hydrogen-bond acceptors (Lipinski definition) is 4. The number of carbonyl (C=O) groups excluding carboxylic acids is 1. The van der Waals surface area contributed by atoms with E-state index in [0.717, 1.165) is 29.7 Å². The van der Waals surface area contributed by atoms with Crippen molar-refractivity contribution in [2.45, 2.75) is 26.2 Å². The fourth-order valence-electron chi connectivity index (χ4n) is 2.83. The molecule has 1 aliphatic rings. The van der Waals surface area contributed by atoms with Gasteiger partial charge in [-0.1, -0.05) is 23.7 Å². The zero-order chi connectivity index (χ0) is 19.1. The molecule has 0 aliphatic carbocycles. The summed E-state index contributed by atoms with van der Waals surface area (Å²) in [5, 5.41) is 3.38. The molecule has 5 nitrogen and oxygen atoms in total. The highest BCUT2D eigenvalue weighted by molar-refractivity contribution is 6.32. The Morgan fingerprint density at radius 3 is 2.93 bits per heavy atom. The summed E-state index contributed by atoms with van der Waals surface area (Å²) in [4.78, 5) is 12.2. The van der Waals surface area contributed by atoms with E-state index in [1.165, 1.54) is 0 Å². The Kier molecular flexibility index (Phi) is 6.82. The number of benzene rings is 2. The van der Waals surface area contributed by atoms with Gasteiger partial charge in [0.2, 0.25) is 5.91 Å². The molecule has 2 aromatic rings. The Bertz CT molecular complexity index is 794. The maximum atomic E-state index is 12.2. The van der Waals surface area contributed by atoms with Crippen molar-refractivity contribution in [3.63, 3.8) is 0 Å². The summed E-state index contributed by atoms with van der Waals surface area (Å²) < 4.78 is 16.9. The lowest BCUT2D eigenvalue weighted by Crippen LogP contribution is -2.27. The first-order chi connectivity index (χ1) is 13.1. The van der Waals surface area contributed by atoms with Crippen LogP contribution in [-0.4, -0.2) is 32.3 Å². The topological polar surface area (TPSA) is 56.8 Å². The Morgan fingerprint density at radius 1 is 1.22 bits per heavy atom. The number of amides is 1. The number of nitrogens with one attached hydrogen (secondary N) is 1. The Labute approximate surface area is 164 Å². The summed E-state index contributed by atoms with van der Waals surface area (Å²) in [6.45, 7) is 4.30. The number of rotatable bonds is 7. The van der Waals surface area contributed by atoms with Gasteiger partial charge >= 0.3 is 0 Å². The highest BCUT2D eigenvalue weighted by atomic mass is 35.5. The fraction of sp³-hybridized carbons (Fsp3) is 0.381. The summed E-state index contributed by atoms with van der Waals surface area (Å²) >= 11 is 6.26. The van der Waals surface area contributed by atoms with Crippen molar-refractivity contribution in [3.05, 3.63) is 52.5 Å². The van der Waals surface area contributed by atoms with Crippen LogP contribution in [0.2, 0.25) is 5.02 Å². The maximum Gasteiger partial charge on any atom is 0.224 e. The molecule has 0 unspecified atom stereocenters. The van der Waals surface area contributed by atoms with E-state index in [2.05, 4.69) is 5.32 Å². The molecule has 6 heteroatoms. The SMILES string of the molecule is Cc1cccc(OCCCNC(=O)Cc2cc(Cl)c3c(c2)OCCCO3)c1. The second-order valence-corrected chi connectivity index (χ2v) is 6.91. The van der Waals surface area contributed by atoms with E-state index in [4.69, 9.17) is 25.8 Å². The molecule has 0 radical (unpaired) electrons. The number of halogens is 1. The Hall–Kier alpha value is -2.40. The molecule has 2 aromatic carbocycles. The first-order valence-electron chi connectivity index (χ1n) is 9.16. The Morgan fingerprint density at radius 2 is 2.07 bits per heavy atom. The number of fused-ring (bicyclic) bond motifs is 1. The van der Waals surface area contributed by atoms with Crippen LogP contribution in [0.25, 0.3) is 0 Å². The van der Waals surface area contributed by atoms with Crippen molar-refractivity contribution in [1.82, 2.24) is 5.32 Å². The first-order valence-corrected chi connectivity index (χ1v) is 9.54. The second-order valence-electron chi connectivity index (χ2n) is 6.50. The third-order valence-electron chi connectivity index (χ3n) is 4.13. The lowest BCUT2D eigenvalue weighted by Gasteiger charge is -2.12. The molecule has 1 heterocycles. The van der Waals surface area contributed by atoms with Crippen LogP contribution >= 0.6 is 11.6 Å². The highest BCUT2D eigenvalue weighted by Crippen LogP contribution is 2.38. The molecule has 27 heavy (non-hydrogen) atoms. The van der Waals surface area contributed by atoms with Gasteiger partial charge in [0.1, 0.15) is 5.75 Å². The smallest absolute Gasteiger partial charge is 0.224 e. The minimum Gasteiger partial charge on any atom is -0.494 e. The minimum absolute atomic E-state index is 0.0592. The molecular weight excluding hydrogens is 366 g/mol. The van der Waals surface area contributed by atoms with Gasteiger partial charge in [-0.2, -0.15) is 0 Å². The zero-order valence-electron chi connectivity index (χ0n) is 15.4. The van der Waals surface area contributed by atoms with Crippen LogP contribution in [0, 0.1) is 6.92 Å². The Balaban J connectivity index is 1.43. The zero-order valence-corrected chi connectivity index (χ0v) is 16.2. The predicted octanol–water partition coefficient (Wildman–Crippen LogP) is 3.94. The number of ether oxygens (including phenoxy) is 3. The van der Waals surface area contributed by atoms with Crippen molar-refractivity contribution in [2.24, 2.45) is 0 Å². The van der Waals surface area contributed by atoms with Crippen LogP contribution in [0.1, 0.15) is 24.0 Å². The van der Waals surface area contributed by atoms with Gasteiger partial charge in [-0.05, 0) is 48.7 Å². The molecule has 144 valence electrons. The van der Waals surface area contributed by atoms with Crippen molar-refractivity contribution in [2.75, 3.05) is 26.4 Å². The molecule has 0 saturated heterocycles. The quantitative estimate of drug-likeness (QED) is 0.729. The van der Waals surface area contributed by atoms with Crippen LogP contribution in [-0.2, 0) is 11.2 Å². The van der Waals surface area contributed by atoms with Crippen LogP contribution in [0.4, 0.5) is 0 Å². The number of aryl methyl sites for hydroxylation is 1. The van der Waals surface area contributed by atoms with Crippen LogP contribution in [0.15, 0.2) is 36.4 Å². The van der Waals surface area contributed by atoms with Gasteiger partial charge in [-0.25, -0.2) is 0 Å². The standard InChI is InChI=1S/C21H24ClNO4/c1-15-5-2-6-17(11-15)25-8-3-7-23-20(24)14-16-12-18(22)21-19(13-16)26-9-4-10-27-21/h2,5-6,11-13H,3-4,7-10,14H2,1H3,(H,23,24). The predicted molar refractivity (Wildman–Crippen MR) is 105 cm³/mol. The van der Waals surface area contributed by atoms with Gasteiger partial charge in [0.05, 0.1) is 31.3 Å². The van der Waals surface area contributed by atoms with Gasteiger partial charge in [0.15, 0.2) is 11.5 Å². The fourth-order valence-corrected chi connectivity index (χ4v) is 3.12. The third kappa shape index (κ3) is 5.79. The van der Waals surface area contributed by atoms with E-state index >= 15 is 0 Å². The first kappa shape index (κ1) is 19.4. The van der Waals surface area contributed by atoms with E-state index in [-0.39, 0.29) is 12.3 Å². The van der Waals surface area contributed by atoms with Crippen molar-refractivity contribution in [1.29, 1.82) is 0 Å². The van der Waals surface area contributed by atoms with E-state index in [1.54, 1.807) is 6.07 Å². The van der Waals surface area contributed by atoms with Gasteiger partial charge < -0.3 is 19.5 Å². The summed E-state index contributed by atoms with van der Waals surface area (Å²) in [5.74, 6) is 1.96. The average Bonchev–Trinajstić information content (AvgIpc) is 2.87. The van der Waals surface area contributed by atoms with Crippen LogP contribution < -0.4 is 19.5 Å². The van der Waals surface area contributed by atoms with Crippen molar-refractivity contribution < 1.29 is 19.0 Å². The van der Waals surface area contributed by atoms with Gasteiger partial charge in [-0.3, -0.25) is 4.79 Å². The largest absolute Gasteiger partial charge is 0.494 e. The van der Waals surface area contributed by atoms with Crippen molar-refractivity contribution >= 4 is 17.5 Å². The molecule has 1 aliphatic heterocycles. The molecule has 0 fully saturated rings. The number of hydrogen-bond donors (Lipinski definition) is 1. The van der Waals surface area contributed by atoms with Gasteiger partial charge in [-0.15, -0.1) is 0 Å². The molecule has 0 atom stereocenters. The van der Waals surface area contributed by atoms with Gasteiger partial charge in [0.25, 0.3) is 0 Å². The van der Waals surface area contributed by atoms with Crippen LogP contribution in [0.3, 0.4) is 0 Å². The average molecular weight is 390 g/mol. The summed E-state index contributed by atoms with van der Waals surface area (Å²) in [5.41, 5.74) is 1.97. The van der Waals surface area contributed by atoms with E-state index in [1.807, 2.05) is 37.3 Å².